The summed E-state index contributed by atoms with van der Waals surface area (Å²) in [5, 5.41) is 2.85. The standard InChI is InChI=1S/C13H15N3OS/c1-8-3-4-10(6-15-8)7-16-13(17)12-5-11(14)9(2)18-12/h3-6H,7,14H2,1-2H3,(H,16,17). The Hall–Kier alpha value is -1.88. The van der Waals surface area contributed by atoms with Gasteiger partial charge in [-0.25, -0.2) is 0 Å². The second-order valence-corrected chi connectivity index (χ2v) is 5.37. The Balaban J connectivity index is 1.98. The van der Waals surface area contributed by atoms with E-state index in [-0.39, 0.29) is 5.91 Å². The van der Waals surface area contributed by atoms with Gasteiger partial charge in [-0.2, -0.15) is 0 Å². The van der Waals surface area contributed by atoms with Crippen molar-refractivity contribution in [2.24, 2.45) is 0 Å². The summed E-state index contributed by atoms with van der Waals surface area (Å²) in [6.45, 7) is 4.31. The summed E-state index contributed by atoms with van der Waals surface area (Å²) < 4.78 is 0. The number of amides is 1. The monoisotopic (exact) mass is 261 g/mol. The molecule has 1 amide bonds. The van der Waals surface area contributed by atoms with Crippen molar-refractivity contribution >= 4 is 22.9 Å². The molecule has 0 saturated heterocycles. The summed E-state index contributed by atoms with van der Waals surface area (Å²) in [5.41, 5.74) is 8.34. The molecule has 2 rings (SSSR count). The molecule has 0 spiro atoms. The molecule has 0 atom stereocenters. The van der Waals surface area contributed by atoms with Crippen LogP contribution in [0.3, 0.4) is 0 Å². The van der Waals surface area contributed by atoms with E-state index in [9.17, 15) is 4.79 Å². The number of nitrogens with zero attached hydrogens (tertiary/aromatic N) is 1. The molecule has 4 nitrogen and oxygen atoms in total. The van der Waals surface area contributed by atoms with Gasteiger partial charge in [0.15, 0.2) is 0 Å². The summed E-state index contributed by atoms with van der Waals surface area (Å²) in [4.78, 5) is 17.7. The number of rotatable bonds is 3. The highest BCUT2D eigenvalue weighted by Gasteiger charge is 2.10. The van der Waals surface area contributed by atoms with Gasteiger partial charge in [0.1, 0.15) is 0 Å². The van der Waals surface area contributed by atoms with E-state index in [0.29, 0.717) is 17.1 Å². The number of carbonyl (C=O) groups is 1. The zero-order valence-corrected chi connectivity index (χ0v) is 11.2. The minimum atomic E-state index is -0.0969. The lowest BCUT2D eigenvalue weighted by molar-refractivity contribution is 0.0955. The van der Waals surface area contributed by atoms with Gasteiger partial charge in [0.25, 0.3) is 5.91 Å². The third-order valence-electron chi connectivity index (χ3n) is 2.61. The van der Waals surface area contributed by atoms with E-state index in [0.717, 1.165) is 16.1 Å². The van der Waals surface area contributed by atoms with Gasteiger partial charge in [-0.1, -0.05) is 6.07 Å². The zero-order chi connectivity index (χ0) is 13.1. The van der Waals surface area contributed by atoms with Crippen molar-refractivity contribution in [3.05, 3.63) is 45.4 Å². The molecule has 0 radical (unpaired) electrons. The lowest BCUT2D eigenvalue weighted by Crippen LogP contribution is -2.21. The van der Waals surface area contributed by atoms with Crippen LogP contribution >= 0.6 is 11.3 Å². The van der Waals surface area contributed by atoms with Crippen molar-refractivity contribution in [3.8, 4) is 0 Å². The van der Waals surface area contributed by atoms with Crippen LogP contribution < -0.4 is 11.1 Å². The van der Waals surface area contributed by atoms with Crippen LogP contribution in [0.1, 0.15) is 25.8 Å². The van der Waals surface area contributed by atoms with Gasteiger partial charge in [0.05, 0.1) is 4.88 Å². The third kappa shape index (κ3) is 2.87. The van der Waals surface area contributed by atoms with E-state index < -0.39 is 0 Å². The van der Waals surface area contributed by atoms with E-state index in [1.54, 1.807) is 12.3 Å². The minimum absolute atomic E-state index is 0.0969. The molecule has 2 heterocycles. The molecule has 0 aromatic carbocycles. The Morgan fingerprint density at radius 3 is 2.78 bits per heavy atom. The second kappa shape index (κ2) is 5.18. The number of anilines is 1. The summed E-state index contributed by atoms with van der Waals surface area (Å²) in [7, 11) is 0. The maximum atomic E-state index is 11.9. The molecule has 0 saturated carbocycles. The van der Waals surface area contributed by atoms with E-state index in [2.05, 4.69) is 10.3 Å². The molecule has 3 N–H and O–H groups in total. The normalized spacial score (nSPS) is 10.3. The van der Waals surface area contributed by atoms with Gasteiger partial charge < -0.3 is 11.1 Å². The highest BCUT2D eigenvalue weighted by atomic mass is 32.1. The number of aromatic nitrogens is 1. The van der Waals surface area contributed by atoms with Gasteiger partial charge in [-0.15, -0.1) is 11.3 Å². The van der Waals surface area contributed by atoms with Crippen molar-refractivity contribution in [2.45, 2.75) is 20.4 Å². The number of hydrogen-bond acceptors (Lipinski definition) is 4. The number of pyridine rings is 1. The number of thiophene rings is 1. The first-order chi connectivity index (χ1) is 8.56. The molecule has 5 heteroatoms. The lowest BCUT2D eigenvalue weighted by Gasteiger charge is -2.03. The minimum Gasteiger partial charge on any atom is -0.398 e. The highest BCUT2D eigenvalue weighted by Crippen LogP contribution is 2.23. The van der Waals surface area contributed by atoms with Crippen LogP contribution in [-0.4, -0.2) is 10.9 Å². The summed E-state index contributed by atoms with van der Waals surface area (Å²) in [5.74, 6) is -0.0969. The molecule has 18 heavy (non-hydrogen) atoms. The Kier molecular flexibility index (Phi) is 3.62. The number of nitrogens with two attached hydrogens (primary N) is 1. The van der Waals surface area contributed by atoms with Crippen molar-refractivity contribution < 1.29 is 4.79 Å². The fourth-order valence-electron chi connectivity index (χ4n) is 1.48. The van der Waals surface area contributed by atoms with Gasteiger partial charge in [0.2, 0.25) is 0 Å². The van der Waals surface area contributed by atoms with E-state index in [1.807, 2.05) is 26.0 Å². The van der Waals surface area contributed by atoms with Crippen molar-refractivity contribution in [1.29, 1.82) is 0 Å². The maximum absolute atomic E-state index is 11.9. The van der Waals surface area contributed by atoms with Crippen LogP contribution in [0.25, 0.3) is 0 Å². The summed E-state index contributed by atoms with van der Waals surface area (Å²) in [6, 6.07) is 5.59. The fourth-order valence-corrected chi connectivity index (χ4v) is 2.34. The first-order valence-corrected chi connectivity index (χ1v) is 6.43. The van der Waals surface area contributed by atoms with E-state index >= 15 is 0 Å². The van der Waals surface area contributed by atoms with Crippen LogP contribution in [0.2, 0.25) is 0 Å². The molecule has 2 aromatic rings. The third-order valence-corrected chi connectivity index (χ3v) is 3.67. The van der Waals surface area contributed by atoms with Crippen LogP contribution in [0.4, 0.5) is 5.69 Å². The van der Waals surface area contributed by atoms with Crippen LogP contribution in [0, 0.1) is 13.8 Å². The smallest absolute Gasteiger partial charge is 0.261 e. The Labute approximate surface area is 110 Å². The number of carbonyl (C=O) groups excluding carboxylic acids is 1. The molecular formula is C13H15N3OS. The van der Waals surface area contributed by atoms with E-state index in [4.69, 9.17) is 5.73 Å². The largest absolute Gasteiger partial charge is 0.398 e. The average molecular weight is 261 g/mol. The molecular weight excluding hydrogens is 246 g/mol. The topological polar surface area (TPSA) is 68.0 Å². The molecule has 0 aliphatic rings. The predicted molar refractivity (Wildman–Crippen MR) is 73.6 cm³/mol. The van der Waals surface area contributed by atoms with Crippen LogP contribution in [0.5, 0.6) is 0 Å². The molecule has 0 aliphatic carbocycles. The average Bonchev–Trinajstić information content (AvgIpc) is 2.69. The molecule has 0 bridgehead atoms. The zero-order valence-electron chi connectivity index (χ0n) is 10.4. The quantitative estimate of drug-likeness (QED) is 0.890. The lowest BCUT2D eigenvalue weighted by atomic mass is 10.2. The first kappa shape index (κ1) is 12.6. The second-order valence-electron chi connectivity index (χ2n) is 4.11. The van der Waals surface area contributed by atoms with Crippen molar-refractivity contribution in [2.75, 3.05) is 5.73 Å². The van der Waals surface area contributed by atoms with Gasteiger partial charge in [0, 0.05) is 29.0 Å². The van der Waals surface area contributed by atoms with Gasteiger partial charge >= 0.3 is 0 Å². The molecule has 94 valence electrons. The molecule has 2 aromatic heterocycles. The predicted octanol–water partition coefficient (Wildman–Crippen LogP) is 2.27. The highest BCUT2D eigenvalue weighted by molar-refractivity contribution is 7.14. The number of nitrogens with one attached hydrogen (secondary N) is 1. The van der Waals surface area contributed by atoms with Gasteiger partial charge in [-0.05, 0) is 31.5 Å². The number of aryl methyl sites for hydroxylation is 2. The van der Waals surface area contributed by atoms with Crippen molar-refractivity contribution in [3.63, 3.8) is 0 Å². The number of nitrogen functional groups attached to an aromatic ring is 1. The van der Waals surface area contributed by atoms with Crippen molar-refractivity contribution in [1.82, 2.24) is 10.3 Å². The fraction of sp³-hybridized carbons (Fsp3) is 0.231. The number of hydrogen-bond donors (Lipinski definition) is 2. The maximum Gasteiger partial charge on any atom is 0.261 e. The van der Waals surface area contributed by atoms with E-state index in [1.165, 1.54) is 11.3 Å². The summed E-state index contributed by atoms with van der Waals surface area (Å²) >= 11 is 1.41. The SMILES string of the molecule is Cc1ccc(CNC(=O)c2cc(N)c(C)s2)cn1. The van der Waals surface area contributed by atoms with Crippen LogP contribution in [0.15, 0.2) is 24.4 Å². The van der Waals surface area contributed by atoms with Crippen LogP contribution in [-0.2, 0) is 6.54 Å². The Bertz CT molecular complexity index is 541. The molecule has 0 fully saturated rings. The Morgan fingerprint density at radius 2 is 2.22 bits per heavy atom. The Morgan fingerprint density at radius 1 is 1.44 bits per heavy atom. The first-order valence-electron chi connectivity index (χ1n) is 5.62. The van der Waals surface area contributed by atoms with Gasteiger partial charge in [-0.3, -0.25) is 9.78 Å². The molecule has 0 unspecified atom stereocenters. The summed E-state index contributed by atoms with van der Waals surface area (Å²) in [6.07, 6.45) is 1.77. The molecule has 0 aliphatic heterocycles.